The Morgan fingerprint density at radius 2 is 1.84 bits per heavy atom. The fourth-order valence-electron chi connectivity index (χ4n) is 1.91. The molecule has 1 rings (SSSR count). The smallest absolute Gasteiger partial charge is 0.331 e. The average molecular weight is 270 g/mol. The molecule has 1 unspecified atom stereocenters. The van der Waals surface area contributed by atoms with Gasteiger partial charge in [0.2, 0.25) is 11.8 Å². The van der Waals surface area contributed by atoms with Gasteiger partial charge in [-0.1, -0.05) is 13.8 Å². The van der Waals surface area contributed by atoms with Crippen LogP contribution in [0.2, 0.25) is 0 Å². The van der Waals surface area contributed by atoms with Gasteiger partial charge in [0.05, 0.1) is 12.6 Å². The Labute approximate surface area is 113 Å². The van der Waals surface area contributed by atoms with Gasteiger partial charge < -0.3 is 4.74 Å². The van der Waals surface area contributed by atoms with E-state index in [2.05, 4.69) is 5.32 Å². The first-order chi connectivity index (χ1) is 8.73. The molecule has 4 amide bonds. The highest BCUT2D eigenvalue weighted by molar-refractivity contribution is 6.18. The zero-order valence-corrected chi connectivity index (χ0v) is 12.1. The first-order valence-electron chi connectivity index (χ1n) is 6.50. The number of carbonyl (C=O) groups is 3. The highest BCUT2D eigenvalue weighted by atomic mass is 16.5. The van der Waals surface area contributed by atoms with Crippen LogP contribution in [0.25, 0.3) is 0 Å². The van der Waals surface area contributed by atoms with Gasteiger partial charge in [-0.3, -0.25) is 19.8 Å². The number of urea groups is 1. The summed E-state index contributed by atoms with van der Waals surface area (Å²) >= 11 is 0. The second kappa shape index (κ2) is 5.69. The lowest BCUT2D eigenvalue weighted by Gasteiger charge is -2.40. The molecular formula is C13H22N2O4. The molecule has 1 heterocycles. The Balaban J connectivity index is 3.03. The van der Waals surface area contributed by atoms with E-state index in [0.29, 0.717) is 6.61 Å². The van der Waals surface area contributed by atoms with Gasteiger partial charge in [0, 0.05) is 6.61 Å². The van der Waals surface area contributed by atoms with Gasteiger partial charge in [-0.25, -0.2) is 4.79 Å². The Hall–Kier alpha value is -1.43. The number of amides is 4. The zero-order chi connectivity index (χ0) is 14.8. The van der Waals surface area contributed by atoms with Crippen LogP contribution in [-0.4, -0.2) is 42.0 Å². The van der Waals surface area contributed by atoms with E-state index in [1.54, 1.807) is 0 Å². The predicted octanol–water partition coefficient (Wildman–Crippen LogP) is 1.15. The number of nitrogens with one attached hydrogen (secondary N) is 1. The van der Waals surface area contributed by atoms with Gasteiger partial charge in [-0.05, 0) is 26.7 Å². The number of hydrogen-bond acceptors (Lipinski definition) is 4. The van der Waals surface area contributed by atoms with E-state index in [9.17, 15) is 14.4 Å². The largest absolute Gasteiger partial charge is 0.380 e. The minimum Gasteiger partial charge on any atom is -0.380 e. The van der Waals surface area contributed by atoms with Gasteiger partial charge >= 0.3 is 6.03 Å². The summed E-state index contributed by atoms with van der Waals surface area (Å²) in [6, 6.07) is -1.03. The van der Waals surface area contributed by atoms with Crippen LogP contribution >= 0.6 is 0 Å². The van der Waals surface area contributed by atoms with Crippen molar-refractivity contribution in [2.24, 2.45) is 11.3 Å². The fourth-order valence-corrected chi connectivity index (χ4v) is 1.91. The van der Waals surface area contributed by atoms with Crippen LogP contribution in [0, 0.1) is 11.3 Å². The van der Waals surface area contributed by atoms with E-state index in [-0.39, 0.29) is 18.6 Å². The van der Waals surface area contributed by atoms with Crippen LogP contribution < -0.4 is 5.32 Å². The van der Waals surface area contributed by atoms with Crippen LogP contribution in [0.5, 0.6) is 0 Å². The fraction of sp³-hybridized carbons (Fsp3) is 0.769. The molecule has 0 saturated carbocycles. The monoisotopic (exact) mass is 270 g/mol. The summed E-state index contributed by atoms with van der Waals surface area (Å²) in [5.41, 5.74) is -1.23. The molecule has 1 aliphatic heterocycles. The first-order valence-corrected chi connectivity index (χ1v) is 6.50. The maximum Gasteiger partial charge on any atom is 0.331 e. The van der Waals surface area contributed by atoms with Crippen molar-refractivity contribution < 1.29 is 19.1 Å². The Morgan fingerprint density at radius 1 is 1.26 bits per heavy atom. The van der Waals surface area contributed by atoms with Gasteiger partial charge in [-0.2, -0.15) is 0 Å². The summed E-state index contributed by atoms with van der Waals surface area (Å²) < 4.78 is 5.34. The molecule has 1 aliphatic rings. The van der Waals surface area contributed by atoms with Gasteiger partial charge in [-0.15, -0.1) is 0 Å². The van der Waals surface area contributed by atoms with Crippen LogP contribution in [0.1, 0.15) is 34.6 Å². The zero-order valence-electron chi connectivity index (χ0n) is 12.1. The van der Waals surface area contributed by atoms with Crippen LogP contribution in [0.3, 0.4) is 0 Å². The highest BCUT2D eigenvalue weighted by Crippen LogP contribution is 2.27. The first kappa shape index (κ1) is 15.6. The van der Waals surface area contributed by atoms with E-state index >= 15 is 0 Å². The van der Waals surface area contributed by atoms with E-state index < -0.39 is 23.3 Å². The number of imide groups is 2. The van der Waals surface area contributed by atoms with Crippen LogP contribution in [-0.2, 0) is 14.3 Å². The molecule has 19 heavy (non-hydrogen) atoms. The minimum atomic E-state index is -1.23. The molecule has 0 radical (unpaired) electrons. The molecule has 6 heteroatoms. The van der Waals surface area contributed by atoms with E-state index in [1.165, 1.54) is 13.8 Å². The number of ether oxygens (including phenoxy) is 1. The van der Waals surface area contributed by atoms with Crippen LogP contribution in [0.4, 0.5) is 4.79 Å². The Kier molecular flexibility index (Phi) is 4.68. The quantitative estimate of drug-likeness (QED) is 0.760. The van der Waals surface area contributed by atoms with Crippen molar-refractivity contribution in [3.8, 4) is 0 Å². The third-order valence-corrected chi connectivity index (χ3v) is 3.35. The summed E-state index contributed by atoms with van der Waals surface area (Å²) in [5.74, 6) is -0.984. The number of hydrogen-bond donors (Lipinski definition) is 1. The Bertz CT molecular complexity index is 390. The number of nitrogens with zero attached hydrogens (tertiary/aromatic N) is 1. The third kappa shape index (κ3) is 2.94. The van der Waals surface area contributed by atoms with Gasteiger partial charge in [0.1, 0.15) is 5.41 Å². The molecule has 0 spiro atoms. The minimum absolute atomic E-state index is 0.0465. The maximum atomic E-state index is 12.4. The van der Waals surface area contributed by atoms with Gasteiger partial charge in [0.25, 0.3) is 0 Å². The topological polar surface area (TPSA) is 75.7 Å². The molecule has 0 aromatic carbocycles. The normalized spacial score (nSPS) is 20.7. The Morgan fingerprint density at radius 3 is 2.32 bits per heavy atom. The summed E-state index contributed by atoms with van der Waals surface area (Å²) in [6.07, 6.45) is 0. The predicted molar refractivity (Wildman–Crippen MR) is 69.3 cm³/mol. The highest BCUT2D eigenvalue weighted by Gasteiger charge is 2.49. The van der Waals surface area contributed by atoms with Crippen molar-refractivity contribution in [1.29, 1.82) is 0 Å². The molecule has 108 valence electrons. The van der Waals surface area contributed by atoms with Crippen LogP contribution in [0.15, 0.2) is 0 Å². The third-order valence-electron chi connectivity index (χ3n) is 3.35. The molecule has 0 aromatic rings. The van der Waals surface area contributed by atoms with Crippen molar-refractivity contribution in [3.05, 3.63) is 0 Å². The second-order valence-electron chi connectivity index (χ2n) is 5.53. The van der Waals surface area contributed by atoms with E-state index in [1.807, 2.05) is 20.8 Å². The molecular weight excluding hydrogens is 248 g/mol. The molecule has 1 atom stereocenters. The van der Waals surface area contributed by atoms with Crippen molar-refractivity contribution in [1.82, 2.24) is 10.2 Å². The molecule has 1 saturated heterocycles. The second-order valence-corrected chi connectivity index (χ2v) is 5.53. The molecule has 6 nitrogen and oxygen atoms in total. The maximum absolute atomic E-state index is 12.4. The molecule has 0 aromatic heterocycles. The summed E-state index contributed by atoms with van der Waals surface area (Å²) in [5, 5.41) is 2.23. The van der Waals surface area contributed by atoms with E-state index in [0.717, 1.165) is 4.90 Å². The average Bonchev–Trinajstić information content (AvgIpc) is 2.31. The standard InChI is InChI=1S/C13H22N2O4/c1-6-19-7-9(8(2)3)15-11(17)13(4,5)10(16)14-12(15)18/h8-9H,6-7H2,1-5H3,(H,14,16,18). The summed E-state index contributed by atoms with van der Waals surface area (Å²) in [6.45, 7) is 9.49. The van der Waals surface area contributed by atoms with Crippen molar-refractivity contribution >= 4 is 17.8 Å². The number of carbonyl (C=O) groups excluding carboxylic acids is 3. The van der Waals surface area contributed by atoms with E-state index in [4.69, 9.17) is 4.74 Å². The number of rotatable bonds is 5. The van der Waals surface area contributed by atoms with Gasteiger partial charge in [0.15, 0.2) is 0 Å². The van der Waals surface area contributed by atoms with Crippen molar-refractivity contribution in [2.45, 2.75) is 40.7 Å². The summed E-state index contributed by atoms with van der Waals surface area (Å²) in [4.78, 5) is 37.1. The number of barbiturate groups is 1. The molecule has 0 aliphatic carbocycles. The molecule has 1 fully saturated rings. The lowest BCUT2D eigenvalue weighted by atomic mass is 9.87. The lowest BCUT2D eigenvalue weighted by Crippen LogP contribution is -2.65. The molecule has 0 bridgehead atoms. The lowest BCUT2D eigenvalue weighted by molar-refractivity contribution is -0.152. The molecule has 1 N–H and O–H groups in total. The SMILES string of the molecule is CCOCC(C(C)C)N1C(=O)NC(=O)C(C)(C)C1=O. The summed E-state index contributed by atoms with van der Waals surface area (Å²) in [7, 11) is 0. The van der Waals surface area contributed by atoms with Crippen molar-refractivity contribution in [2.75, 3.05) is 13.2 Å². The van der Waals surface area contributed by atoms with Crippen molar-refractivity contribution in [3.63, 3.8) is 0 Å².